The Kier molecular flexibility index (Phi) is 4.12. The molecule has 2 aromatic heterocycles. The summed E-state index contributed by atoms with van der Waals surface area (Å²) in [6.07, 6.45) is -3.67. The van der Waals surface area contributed by atoms with Gasteiger partial charge >= 0.3 is 6.18 Å². The molecule has 3 aromatic rings. The second kappa shape index (κ2) is 6.22. The summed E-state index contributed by atoms with van der Waals surface area (Å²) in [5, 5.41) is -0.996. The molecule has 1 aromatic carbocycles. The van der Waals surface area contributed by atoms with Crippen molar-refractivity contribution in [3.63, 3.8) is 0 Å². The summed E-state index contributed by atoms with van der Waals surface area (Å²) >= 11 is 0. The Labute approximate surface area is 177 Å². The van der Waals surface area contributed by atoms with Gasteiger partial charge in [0, 0.05) is 42.8 Å². The van der Waals surface area contributed by atoms with Crippen molar-refractivity contribution in [3.05, 3.63) is 41.7 Å². The van der Waals surface area contributed by atoms with Crippen molar-refractivity contribution in [1.29, 1.82) is 0 Å². The molecule has 6 rings (SSSR count). The van der Waals surface area contributed by atoms with Crippen LogP contribution in [-0.2, 0) is 16.2 Å². The van der Waals surface area contributed by atoms with Crippen LogP contribution in [0.2, 0.25) is 0 Å². The predicted octanol–water partition coefficient (Wildman–Crippen LogP) is 4.19. The number of nitrogens with zero attached hydrogens (tertiary/aromatic N) is 3. The molecule has 170 valence electrons. The minimum absolute atomic E-state index is 0.0250. The van der Waals surface area contributed by atoms with Crippen LogP contribution in [-0.4, -0.2) is 45.9 Å². The van der Waals surface area contributed by atoms with E-state index in [1.807, 2.05) is 0 Å². The number of hydrogen-bond donors (Lipinski definition) is 1. The number of alkyl halides is 4. The van der Waals surface area contributed by atoms with Crippen molar-refractivity contribution < 1.29 is 34.8 Å². The van der Waals surface area contributed by atoms with Gasteiger partial charge in [0.05, 0.1) is 23.5 Å². The minimum Gasteiger partial charge on any atom is -0.342 e. The van der Waals surface area contributed by atoms with E-state index in [1.165, 1.54) is 7.05 Å². The normalized spacial score (nSPS) is 25.1. The highest BCUT2D eigenvalue weighted by Gasteiger charge is 2.72. The minimum atomic E-state index is -5.03. The first-order chi connectivity index (χ1) is 14.8. The molecule has 6 nitrogen and oxygen atoms in total. The number of fused-ring (bicyclic) bond motifs is 1. The van der Waals surface area contributed by atoms with Gasteiger partial charge in [0.15, 0.2) is 11.6 Å². The molecule has 0 aliphatic heterocycles. The van der Waals surface area contributed by atoms with Crippen LogP contribution in [0.15, 0.2) is 29.6 Å². The zero-order chi connectivity index (χ0) is 23.3. The lowest BCUT2D eigenvalue weighted by Crippen LogP contribution is -2.76. The van der Waals surface area contributed by atoms with E-state index in [4.69, 9.17) is 0 Å². The van der Waals surface area contributed by atoms with Gasteiger partial charge in [-0.2, -0.15) is 17.5 Å². The van der Waals surface area contributed by atoms with Crippen molar-refractivity contribution in [2.75, 3.05) is 7.05 Å². The second-order valence-electron chi connectivity index (χ2n) is 8.30. The van der Waals surface area contributed by atoms with Gasteiger partial charge in [0.2, 0.25) is 0 Å². The van der Waals surface area contributed by atoms with Gasteiger partial charge in [0.25, 0.3) is 10.0 Å². The van der Waals surface area contributed by atoms with E-state index in [0.717, 1.165) is 10.4 Å². The third kappa shape index (κ3) is 2.86. The van der Waals surface area contributed by atoms with E-state index < -0.39 is 71.9 Å². The fourth-order valence-corrected chi connectivity index (χ4v) is 6.12. The highest BCUT2D eigenvalue weighted by molar-refractivity contribution is 7.89. The first kappa shape index (κ1) is 21.2. The molecule has 13 heteroatoms. The third-order valence-corrected chi connectivity index (χ3v) is 8.12. The lowest BCUT2D eigenvalue weighted by atomic mass is 9.47. The van der Waals surface area contributed by atoms with Crippen molar-refractivity contribution in [1.82, 2.24) is 19.3 Å². The van der Waals surface area contributed by atoms with Crippen LogP contribution in [0.3, 0.4) is 0 Å². The van der Waals surface area contributed by atoms with Crippen molar-refractivity contribution in [3.8, 4) is 11.4 Å². The Morgan fingerprint density at radius 3 is 2.22 bits per heavy atom. The average molecular weight is 476 g/mol. The molecule has 2 heterocycles. The molecule has 0 amide bonds. The predicted molar refractivity (Wildman–Crippen MR) is 99.6 cm³/mol. The number of nitrogens with one attached hydrogen (secondary N) is 1. The van der Waals surface area contributed by atoms with E-state index >= 15 is 0 Å². The number of rotatable bonds is 4. The summed E-state index contributed by atoms with van der Waals surface area (Å²) in [6.45, 7) is 0. The van der Waals surface area contributed by atoms with Gasteiger partial charge in [-0.05, 0) is 12.1 Å². The van der Waals surface area contributed by atoms with E-state index in [2.05, 4.69) is 15.0 Å². The summed E-state index contributed by atoms with van der Waals surface area (Å²) in [6, 6.07) is 1.06. The molecule has 0 unspecified atom stereocenters. The first-order valence-corrected chi connectivity index (χ1v) is 10.8. The average Bonchev–Trinajstić information content (AvgIpc) is 3.11. The number of hydrogen-bond acceptors (Lipinski definition) is 4. The molecule has 1 N–H and O–H groups in total. The van der Waals surface area contributed by atoms with E-state index in [0.29, 0.717) is 12.4 Å². The van der Waals surface area contributed by atoms with Crippen molar-refractivity contribution >= 4 is 20.9 Å². The second-order valence-corrected chi connectivity index (χ2v) is 10.2. The topological polar surface area (TPSA) is 79.0 Å². The Morgan fingerprint density at radius 2 is 1.69 bits per heavy atom. The van der Waals surface area contributed by atoms with E-state index in [9.17, 15) is 34.8 Å². The molecular weight excluding hydrogens is 462 g/mol. The molecule has 3 fully saturated rings. The summed E-state index contributed by atoms with van der Waals surface area (Å²) in [5.74, 6) is -2.79. The Bertz CT molecular complexity index is 1350. The Hall–Kier alpha value is -2.67. The molecule has 3 aliphatic rings. The van der Waals surface area contributed by atoms with Crippen LogP contribution >= 0.6 is 0 Å². The van der Waals surface area contributed by atoms with Gasteiger partial charge in [0.1, 0.15) is 16.5 Å². The molecule has 32 heavy (non-hydrogen) atoms. The fourth-order valence-electron chi connectivity index (χ4n) is 4.63. The van der Waals surface area contributed by atoms with Crippen molar-refractivity contribution in [2.24, 2.45) is 0 Å². The lowest BCUT2D eigenvalue weighted by molar-refractivity contribution is -0.197. The molecular formula is C19H14F6N4O2S. The highest BCUT2D eigenvalue weighted by Crippen LogP contribution is 2.66. The maximum atomic E-state index is 14.6. The van der Waals surface area contributed by atoms with Crippen LogP contribution in [0.1, 0.15) is 24.8 Å². The van der Waals surface area contributed by atoms with Gasteiger partial charge in [-0.3, -0.25) is 0 Å². The largest absolute Gasteiger partial charge is 0.417 e. The van der Waals surface area contributed by atoms with Gasteiger partial charge in [-0.1, -0.05) is 0 Å². The summed E-state index contributed by atoms with van der Waals surface area (Å²) in [4.78, 5) is 9.46. The first-order valence-electron chi connectivity index (χ1n) is 9.34. The van der Waals surface area contributed by atoms with Crippen LogP contribution in [0, 0.1) is 11.6 Å². The number of halogens is 6. The van der Waals surface area contributed by atoms with E-state index in [1.54, 1.807) is 0 Å². The SMILES string of the molecule is CN(C12CC(F)(C1)C2)S(=O)(=O)c1cc2c(-c3ncc(F)cn3)c(C(F)(F)F)cc(F)c2[nH]1. The quantitative estimate of drug-likeness (QED) is 0.573. The monoisotopic (exact) mass is 476 g/mol. The summed E-state index contributed by atoms with van der Waals surface area (Å²) < 4.78 is 110. The Morgan fingerprint density at radius 1 is 1.09 bits per heavy atom. The number of aromatic amines is 1. The lowest BCUT2D eigenvalue weighted by Gasteiger charge is -2.68. The molecule has 3 saturated carbocycles. The number of H-pyrrole nitrogens is 1. The highest BCUT2D eigenvalue weighted by atomic mass is 32.2. The van der Waals surface area contributed by atoms with Crippen LogP contribution in [0.25, 0.3) is 22.3 Å². The van der Waals surface area contributed by atoms with Crippen LogP contribution in [0.4, 0.5) is 26.3 Å². The Balaban J connectivity index is 1.70. The van der Waals surface area contributed by atoms with Gasteiger partial charge in [-0.15, -0.1) is 0 Å². The molecule has 0 atom stereocenters. The molecule has 0 saturated heterocycles. The number of aromatic nitrogens is 3. The maximum Gasteiger partial charge on any atom is 0.417 e. The van der Waals surface area contributed by atoms with Crippen LogP contribution in [0.5, 0.6) is 0 Å². The third-order valence-electron chi connectivity index (χ3n) is 6.23. The zero-order valence-corrected chi connectivity index (χ0v) is 17.1. The van der Waals surface area contributed by atoms with Gasteiger partial charge in [-0.25, -0.2) is 31.6 Å². The number of sulfonamides is 1. The maximum absolute atomic E-state index is 14.6. The smallest absolute Gasteiger partial charge is 0.342 e. The summed E-state index contributed by atoms with van der Waals surface area (Å²) in [7, 11) is -3.07. The molecule has 2 bridgehead atoms. The summed E-state index contributed by atoms with van der Waals surface area (Å²) in [5.41, 5.74) is -4.92. The molecule has 0 radical (unpaired) electrons. The number of benzene rings is 1. The standard InChI is InChI=1S/C19H14F6N4O2S/c1-29(18-6-17(22,7-18)8-18)32(30,31)13-2-10-14(16-26-4-9(20)5-27-16)11(19(23,24)25)3-12(21)15(10)28-13/h2-5,28H,6-8H2,1H3. The van der Waals surface area contributed by atoms with Crippen molar-refractivity contribution in [2.45, 2.75) is 41.7 Å². The molecule has 0 spiro atoms. The molecule has 3 aliphatic carbocycles. The van der Waals surface area contributed by atoms with Crippen LogP contribution < -0.4 is 0 Å². The fraction of sp³-hybridized carbons (Fsp3) is 0.368. The zero-order valence-electron chi connectivity index (χ0n) is 16.3. The van der Waals surface area contributed by atoms with E-state index in [-0.39, 0.29) is 25.3 Å². The van der Waals surface area contributed by atoms with Gasteiger partial charge < -0.3 is 4.98 Å².